The van der Waals surface area contributed by atoms with E-state index in [-0.39, 0.29) is 21.1 Å². The fourth-order valence-corrected chi connectivity index (χ4v) is 0.609. The summed E-state index contributed by atoms with van der Waals surface area (Å²) in [6.07, 6.45) is 2.05. The Morgan fingerprint density at radius 2 is 1.67 bits per heavy atom. The molecule has 0 bridgehead atoms. The first-order valence-corrected chi connectivity index (χ1v) is 3.17. The zero-order valence-corrected chi connectivity index (χ0v) is 9.41. The summed E-state index contributed by atoms with van der Waals surface area (Å²) in [7, 11) is 0. The maximum Gasteiger partial charge on any atom is 0.0431 e. The summed E-state index contributed by atoms with van der Waals surface area (Å²) in [5.41, 5.74) is 0.392. The number of aliphatic hydroxyl groups is 1. The van der Waals surface area contributed by atoms with Crippen LogP contribution in [0.25, 0.3) is 0 Å². The van der Waals surface area contributed by atoms with Crippen LogP contribution in [0.5, 0.6) is 0 Å². The fraction of sp³-hybridized carbons (Fsp3) is 1.00. The Morgan fingerprint density at radius 1 is 1.22 bits per heavy atom. The third kappa shape index (κ3) is 12.0. The molecule has 0 rings (SSSR count). The molecule has 0 aromatic heterocycles. The Labute approximate surface area is 72.1 Å². The summed E-state index contributed by atoms with van der Waals surface area (Å²) >= 11 is 0. The molecular weight excluding hydrogens is 284 g/mol. The van der Waals surface area contributed by atoms with Gasteiger partial charge in [0.2, 0.25) is 0 Å². The molecule has 0 aliphatic carbocycles. The molecule has 0 aliphatic rings. The van der Waals surface area contributed by atoms with Crippen LogP contribution in [0.15, 0.2) is 0 Å². The molecule has 0 amide bonds. The van der Waals surface area contributed by atoms with Crippen molar-refractivity contribution in [3.05, 3.63) is 0 Å². The molecule has 0 saturated carbocycles. The molecule has 0 radical (unpaired) electrons. The predicted octanol–water partition coefficient (Wildman–Crippen LogP) is 1.80. The van der Waals surface area contributed by atoms with Gasteiger partial charge in [0.15, 0.2) is 0 Å². The predicted molar refractivity (Wildman–Crippen MR) is 35.8 cm³/mol. The second-order valence-electron chi connectivity index (χ2n) is 3.39. The topological polar surface area (TPSA) is 20.2 Å². The summed E-state index contributed by atoms with van der Waals surface area (Å²) in [4.78, 5) is 0. The molecule has 0 aliphatic heterocycles. The van der Waals surface area contributed by atoms with E-state index in [1.165, 1.54) is 0 Å². The van der Waals surface area contributed by atoms with E-state index in [9.17, 15) is 0 Å². The smallest absolute Gasteiger partial charge is 0.0431 e. The van der Waals surface area contributed by atoms with Crippen molar-refractivity contribution in [3.8, 4) is 0 Å². The molecule has 0 fully saturated rings. The Hall–Kier alpha value is 0.648. The summed E-state index contributed by atoms with van der Waals surface area (Å²) in [6.45, 7) is 6.88. The normalized spacial score (nSPS) is 10.7. The van der Waals surface area contributed by atoms with Crippen molar-refractivity contribution in [1.82, 2.24) is 0 Å². The molecule has 0 atom stereocenters. The molecular formula is C7H16OW. The van der Waals surface area contributed by atoms with Gasteiger partial charge in [-0.1, -0.05) is 20.8 Å². The van der Waals surface area contributed by atoms with Crippen molar-refractivity contribution in [1.29, 1.82) is 0 Å². The van der Waals surface area contributed by atoms with E-state index < -0.39 is 0 Å². The number of rotatable bonds is 2. The summed E-state index contributed by atoms with van der Waals surface area (Å²) in [5.74, 6) is 0. The van der Waals surface area contributed by atoms with Gasteiger partial charge in [-0.3, -0.25) is 0 Å². The van der Waals surface area contributed by atoms with Crippen LogP contribution in [0.1, 0.15) is 33.6 Å². The Morgan fingerprint density at radius 3 is 1.78 bits per heavy atom. The second-order valence-corrected chi connectivity index (χ2v) is 3.39. The zero-order chi connectivity index (χ0) is 6.62. The van der Waals surface area contributed by atoms with Crippen molar-refractivity contribution in [2.75, 3.05) is 6.61 Å². The third-order valence-corrected chi connectivity index (χ3v) is 1.08. The van der Waals surface area contributed by atoms with Gasteiger partial charge in [-0.15, -0.1) is 0 Å². The number of hydrogen-bond donors (Lipinski definition) is 1. The average Bonchev–Trinajstić information content (AvgIpc) is 1.59. The van der Waals surface area contributed by atoms with Crippen LogP contribution in [0.3, 0.4) is 0 Å². The first-order chi connectivity index (χ1) is 3.56. The Bertz CT molecular complexity index is 56.4. The van der Waals surface area contributed by atoms with Crippen LogP contribution in [0.2, 0.25) is 0 Å². The maximum absolute atomic E-state index is 8.43. The third-order valence-electron chi connectivity index (χ3n) is 1.08. The van der Waals surface area contributed by atoms with Crippen molar-refractivity contribution < 1.29 is 26.2 Å². The van der Waals surface area contributed by atoms with Crippen molar-refractivity contribution >= 4 is 0 Å². The minimum Gasteiger partial charge on any atom is -0.396 e. The fourth-order valence-electron chi connectivity index (χ4n) is 0.609. The minimum absolute atomic E-state index is 0. The van der Waals surface area contributed by atoms with Crippen LogP contribution in [0.4, 0.5) is 0 Å². The molecule has 1 N–H and O–H groups in total. The summed E-state index contributed by atoms with van der Waals surface area (Å²) in [5, 5.41) is 8.43. The standard InChI is InChI=1S/C7H16O.W/c1-7(2,3)5-4-6-8;/h8H,4-6H2,1-3H3;. The quantitative estimate of drug-likeness (QED) is 0.824. The Balaban J connectivity index is 0. The molecule has 9 heavy (non-hydrogen) atoms. The van der Waals surface area contributed by atoms with Crippen molar-refractivity contribution in [3.63, 3.8) is 0 Å². The molecule has 0 spiro atoms. The second kappa shape index (κ2) is 5.43. The van der Waals surface area contributed by atoms with Gasteiger partial charge in [0, 0.05) is 27.7 Å². The molecule has 0 saturated heterocycles. The molecule has 2 heteroatoms. The van der Waals surface area contributed by atoms with E-state index in [1.807, 2.05) is 0 Å². The molecule has 0 aromatic rings. The molecule has 56 valence electrons. The first kappa shape index (κ1) is 12.3. The molecule has 0 unspecified atom stereocenters. The summed E-state index contributed by atoms with van der Waals surface area (Å²) < 4.78 is 0. The van der Waals surface area contributed by atoms with E-state index in [0.29, 0.717) is 12.0 Å². The van der Waals surface area contributed by atoms with Crippen molar-refractivity contribution in [2.45, 2.75) is 33.6 Å². The maximum atomic E-state index is 8.43. The number of hydrogen-bond acceptors (Lipinski definition) is 1. The van der Waals surface area contributed by atoms with Crippen LogP contribution < -0.4 is 0 Å². The average molecular weight is 300 g/mol. The molecule has 0 heterocycles. The van der Waals surface area contributed by atoms with Gasteiger partial charge in [0.25, 0.3) is 0 Å². The van der Waals surface area contributed by atoms with Crippen LogP contribution in [-0.4, -0.2) is 11.7 Å². The van der Waals surface area contributed by atoms with E-state index in [1.54, 1.807) is 0 Å². The van der Waals surface area contributed by atoms with Gasteiger partial charge in [0.05, 0.1) is 0 Å². The van der Waals surface area contributed by atoms with Gasteiger partial charge in [-0.25, -0.2) is 0 Å². The van der Waals surface area contributed by atoms with E-state index in [4.69, 9.17) is 5.11 Å². The van der Waals surface area contributed by atoms with Gasteiger partial charge < -0.3 is 5.11 Å². The Kier molecular flexibility index (Phi) is 7.45. The first-order valence-electron chi connectivity index (χ1n) is 3.17. The molecule has 1 nitrogen and oxygen atoms in total. The summed E-state index contributed by atoms with van der Waals surface area (Å²) in [6, 6.07) is 0. The van der Waals surface area contributed by atoms with Crippen LogP contribution >= 0.6 is 0 Å². The largest absolute Gasteiger partial charge is 0.396 e. The van der Waals surface area contributed by atoms with E-state index in [2.05, 4.69) is 20.8 Å². The van der Waals surface area contributed by atoms with E-state index >= 15 is 0 Å². The van der Waals surface area contributed by atoms with Gasteiger partial charge in [-0.05, 0) is 18.3 Å². The number of aliphatic hydroxyl groups excluding tert-OH is 1. The van der Waals surface area contributed by atoms with E-state index in [0.717, 1.165) is 12.8 Å². The van der Waals surface area contributed by atoms with Gasteiger partial charge in [0.1, 0.15) is 0 Å². The zero-order valence-electron chi connectivity index (χ0n) is 6.48. The monoisotopic (exact) mass is 300 g/mol. The van der Waals surface area contributed by atoms with Gasteiger partial charge >= 0.3 is 0 Å². The van der Waals surface area contributed by atoms with Crippen molar-refractivity contribution in [2.24, 2.45) is 5.41 Å². The SMILES string of the molecule is CC(C)(C)CCCO.[W]. The van der Waals surface area contributed by atoms with Crippen LogP contribution in [0, 0.1) is 5.41 Å². The van der Waals surface area contributed by atoms with Crippen LogP contribution in [-0.2, 0) is 21.1 Å². The molecule has 0 aromatic carbocycles. The minimum atomic E-state index is 0. The van der Waals surface area contributed by atoms with Gasteiger partial charge in [-0.2, -0.15) is 0 Å².